The Kier molecular flexibility index (Phi) is 2.98. The van der Waals surface area contributed by atoms with E-state index in [1.807, 2.05) is 6.92 Å². The first-order valence-electron chi connectivity index (χ1n) is 4.74. The molecule has 1 aliphatic carbocycles. The Morgan fingerprint density at radius 1 is 1.62 bits per heavy atom. The first-order chi connectivity index (χ1) is 6.06. The molecule has 0 aromatic heterocycles. The maximum Gasteiger partial charge on any atom is 0.384 e. The Balaban J connectivity index is 2.28. The van der Waals surface area contributed by atoms with Crippen molar-refractivity contribution in [1.82, 2.24) is 0 Å². The molecule has 1 saturated carbocycles. The van der Waals surface area contributed by atoms with Gasteiger partial charge in [-0.1, -0.05) is 26.7 Å². The predicted octanol–water partition coefficient (Wildman–Crippen LogP) is 1.99. The van der Waals surface area contributed by atoms with E-state index in [1.165, 1.54) is 0 Å². The Labute approximate surface area is 79.7 Å². The van der Waals surface area contributed by atoms with Crippen LogP contribution in [0.3, 0.4) is 0 Å². The maximum atomic E-state index is 10.9. The van der Waals surface area contributed by atoms with E-state index in [1.54, 1.807) is 0 Å². The number of carbonyl (C=O) groups is 1. The van der Waals surface area contributed by atoms with Crippen molar-refractivity contribution in [1.29, 1.82) is 0 Å². The summed E-state index contributed by atoms with van der Waals surface area (Å²) in [5.74, 6) is 5.46. The summed E-state index contributed by atoms with van der Waals surface area (Å²) < 4.78 is 4.82. The first-order valence-corrected chi connectivity index (χ1v) is 4.74. The molecular formula is C11H16O2. The zero-order valence-electron chi connectivity index (χ0n) is 8.52. The lowest BCUT2D eigenvalue weighted by Gasteiger charge is -1.95. The number of esters is 1. The van der Waals surface area contributed by atoms with E-state index >= 15 is 0 Å². The van der Waals surface area contributed by atoms with Gasteiger partial charge in [0, 0.05) is 11.8 Å². The number of ether oxygens (including phenoxy) is 1. The molecule has 0 aromatic rings. The van der Waals surface area contributed by atoms with Crippen molar-refractivity contribution in [3.05, 3.63) is 0 Å². The zero-order valence-corrected chi connectivity index (χ0v) is 8.52. The van der Waals surface area contributed by atoms with Gasteiger partial charge in [0.05, 0.1) is 6.61 Å². The highest BCUT2D eigenvalue weighted by molar-refractivity contribution is 5.88. The van der Waals surface area contributed by atoms with Gasteiger partial charge >= 0.3 is 5.97 Å². The van der Waals surface area contributed by atoms with E-state index in [0.717, 1.165) is 12.8 Å². The Bertz CT molecular complexity index is 255. The summed E-state index contributed by atoms with van der Waals surface area (Å²) >= 11 is 0. The molecule has 13 heavy (non-hydrogen) atoms. The highest BCUT2D eigenvalue weighted by Gasteiger charge is 2.44. The van der Waals surface area contributed by atoms with Gasteiger partial charge in [-0.15, -0.1) is 0 Å². The van der Waals surface area contributed by atoms with Crippen molar-refractivity contribution >= 4 is 5.97 Å². The number of carbonyl (C=O) groups excluding carboxylic acids is 1. The van der Waals surface area contributed by atoms with Crippen LogP contribution in [0, 0.1) is 23.2 Å². The Morgan fingerprint density at radius 3 is 2.69 bits per heavy atom. The summed E-state index contributed by atoms with van der Waals surface area (Å²) in [6, 6.07) is 0. The minimum absolute atomic E-state index is 0.317. The van der Waals surface area contributed by atoms with E-state index in [4.69, 9.17) is 4.74 Å². The fourth-order valence-corrected chi connectivity index (χ4v) is 1.09. The standard InChI is InChI=1S/C11H16O2/c1-4-7-13-10(12)6-5-9-8-11(9,2)3/h9H,4,7-8H2,1-3H3. The van der Waals surface area contributed by atoms with E-state index in [-0.39, 0.29) is 5.97 Å². The molecule has 1 unspecified atom stereocenters. The number of hydrogen-bond acceptors (Lipinski definition) is 2. The van der Waals surface area contributed by atoms with Crippen LogP contribution in [-0.4, -0.2) is 12.6 Å². The molecule has 1 atom stereocenters. The van der Waals surface area contributed by atoms with Crippen molar-refractivity contribution in [2.45, 2.75) is 33.6 Å². The van der Waals surface area contributed by atoms with Crippen molar-refractivity contribution in [2.75, 3.05) is 6.61 Å². The molecule has 0 spiro atoms. The van der Waals surface area contributed by atoms with Crippen LogP contribution in [0.4, 0.5) is 0 Å². The maximum absolute atomic E-state index is 10.9. The monoisotopic (exact) mass is 180 g/mol. The fourth-order valence-electron chi connectivity index (χ4n) is 1.09. The van der Waals surface area contributed by atoms with Gasteiger partial charge in [0.15, 0.2) is 0 Å². The van der Waals surface area contributed by atoms with Crippen LogP contribution in [0.5, 0.6) is 0 Å². The fraction of sp³-hybridized carbons (Fsp3) is 0.727. The molecule has 1 rings (SSSR count). The van der Waals surface area contributed by atoms with Gasteiger partial charge in [0.25, 0.3) is 0 Å². The topological polar surface area (TPSA) is 26.3 Å². The molecule has 2 heteroatoms. The first kappa shape index (κ1) is 10.1. The van der Waals surface area contributed by atoms with E-state index in [0.29, 0.717) is 17.9 Å². The molecule has 1 fully saturated rings. The molecule has 72 valence electrons. The molecule has 0 amide bonds. The third-order valence-electron chi connectivity index (χ3n) is 2.30. The van der Waals surface area contributed by atoms with Crippen molar-refractivity contribution in [3.8, 4) is 11.8 Å². The zero-order chi connectivity index (χ0) is 9.90. The molecular weight excluding hydrogens is 164 g/mol. The molecule has 0 bridgehead atoms. The Hall–Kier alpha value is -0.970. The van der Waals surface area contributed by atoms with Crippen LogP contribution >= 0.6 is 0 Å². The van der Waals surface area contributed by atoms with Gasteiger partial charge in [-0.2, -0.15) is 0 Å². The average Bonchev–Trinajstić information content (AvgIpc) is 2.67. The van der Waals surface area contributed by atoms with Crippen LogP contribution in [0.2, 0.25) is 0 Å². The highest BCUT2D eigenvalue weighted by atomic mass is 16.5. The second kappa shape index (κ2) is 3.83. The second-order valence-corrected chi connectivity index (χ2v) is 4.15. The minimum atomic E-state index is -0.385. The second-order valence-electron chi connectivity index (χ2n) is 4.15. The lowest BCUT2D eigenvalue weighted by atomic mass is 10.1. The number of hydrogen-bond donors (Lipinski definition) is 0. The van der Waals surface area contributed by atoms with E-state index < -0.39 is 0 Å². The number of rotatable bonds is 2. The quantitative estimate of drug-likeness (QED) is 0.369. The molecule has 0 saturated heterocycles. The molecule has 0 aromatic carbocycles. The molecule has 0 radical (unpaired) electrons. The van der Waals surface area contributed by atoms with E-state index in [9.17, 15) is 4.79 Å². The molecule has 0 N–H and O–H groups in total. The van der Waals surface area contributed by atoms with Crippen LogP contribution in [0.25, 0.3) is 0 Å². The van der Waals surface area contributed by atoms with Gasteiger partial charge in [0.1, 0.15) is 0 Å². The van der Waals surface area contributed by atoms with Crippen molar-refractivity contribution < 1.29 is 9.53 Å². The minimum Gasteiger partial charge on any atom is -0.456 e. The molecule has 1 aliphatic rings. The summed E-state index contributed by atoms with van der Waals surface area (Å²) in [6.07, 6.45) is 1.95. The third kappa shape index (κ3) is 3.10. The molecule has 2 nitrogen and oxygen atoms in total. The Morgan fingerprint density at radius 2 is 2.23 bits per heavy atom. The smallest absolute Gasteiger partial charge is 0.384 e. The average molecular weight is 180 g/mol. The van der Waals surface area contributed by atoms with Crippen molar-refractivity contribution in [2.24, 2.45) is 11.3 Å². The van der Waals surface area contributed by atoms with Gasteiger partial charge in [-0.3, -0.25) is 0 Å². The van der Waals surface area contributed by atoms with Crippen LogP contribution in [-0.2, 0) is 9.53 Å². The SMILES string of the molecule is CCCOC(=O)C#CC1CC1(C)C. The highest BCUT2D eigenvalue weighted by Crippen LogP contribution is 2.50. The summed E-state index contributed by atoms with van der Waals surface area (Å²) in [6.45, 7) is 6.75. The summed E-state index contributed by atoms with van der Waals surface area (Å²) in [5.41, 5.74) is 0.317. The molecule has 0 heterocycles. The van der Waals surface area contributed by atoms with Gasteiger partial charge in [-0.25, -0.2) is 4.79 Å². The largest absolute Gasteiger partial charge is 0.456 e. The van der Waals surface area contributed by atoms with Gasteiger partial charge in [0.2, 0.25) is 0 Å². The van der Waals surface area contributed by atoms with Crippen LogP contribution < -0.4 is 0 Å². The summed E-state index contributed by atoms with van der Waals surface area (Å²) in [5, 5.41) is 0. The normalized spacial score (nSPS) is 22.8. The summed E-state index contributed by atoms with van der Waals surface area (Å²) in [7, 11) is 0. The molecule has 0 aliphatic heterocycles. The van der Waals surface area contributed by atoms with Gasteiger partial charge in [-0.05, 0) is 18.3 Å². The predicted molar refractivity (Wildman–Crippen MR) is 50.9 cm³/mol. The van der Waals surface area contributed by atoms with Crippen LogP contribution in [0.1, 0.15) is 33.6 Å². The lowest BCUT2D eigenvalue weighted by Crippen LogP contribution is -2.01. The summed E-state index contributed by atoms with van der Waals surface area (Å²) in [4.78, 5) is 10.9. The third-order valence-corrected chi connectivity index (χ3v) is 2.30. The van der Waals surface area contributed by atoms with Crippen molar-refractivity contribution in [3.63, 3.8) is 0 Å². The van der Waals surface area contributed by atoms with Gasteiger partial charge < -0.3 is 4.74 Å². The van der Waals surface area contributed by atoms with Crippen LogP contribution in [0.15, 0.2) is 0 Å². The van der Waals surface area contributed by atoms with E-state index in [2.05, 4.69) is 25.7 Å². The lowest BCUT2D eigenvalue weighted by molar-refractivity contribution is -0.136.